The first-order valence-corrected chi connectivity index (χ1v) is 12.2. The second-order valence-corrected chi connectivity index (χ2v) is 11.1. The van der Waals surface area contributed by atoms with Crippen molar-refractivity contribution in [3.8, 4) is 0 Å². The van der Waals surface area contributed by atoms with E-state index in [0.29, 0.717) is 19.8 Å². The Morgan fingerprint density at radius 1 is 1.06 bits per heavy atom. The Morgan fingerprint density at radius 2 is 1.71 bits per heavy atom. The van der Waals surface area contributed by atoms with E-state index in [1.807, 2.05) is 57.2 Å². The van der Waals surface area contributed by atoms with E-state index in [1.54, 1.807) is 6.26 Å². The summed E-state index contributed by atoms with van der Waals surface area (Å²) in [4.78, 5) is 0. The average molecular weight is 442 g/mol. The van der Waals surface area contributed by atoms with Gasteiger partial charge in [0.05, 0.1) is 25.5 Å². The monoisotopic (exact) mass is 441 g/mol. The molecule has 2 aromatic carbocycles. The molecule has 1 unspecified atom stereocenters. The number of allylic oxidation sites excluding steroid dienone is 1. The summed E-state index contributed by atoms with van der Waals surface area (Å²) in [5.41, 5.74) is 2.32. The van der Waals surface area contributed by atoms with Gasteiger partial charge in [0.2, 0.25) is 0 Å². The first kappa shape index (κ1) is 23.9. The van der Waals surface area contributed by atoms with Gasteiger partial charge >= 0.3 is 0 Å². The molecule has 0 N–H and O–H groups in total. The van der Waals surface area contributed by atoms with E-state index in [9.17, 15) is 4.55 Å². The van der Waals surface area contributed by atoms with E-state index in [-0.39, 0.29) is 16.9 Å². The van der Waals surface area contributed by atoms with Crippen LogP contribution in [0.15, 0.2) is 73.0 Å². The Bertz CT molecular complexity index is 791. The molecule has 1 heterocycles. The van der Waals surface area contributed by atoms with E-state index in [0.717, 1.165) is 30.4 Å². The van der Waals surface area contributed by atoms with Crippen molar-refractivity contribution in [3.63, 3.8) is 0 Å². The van der Waals surface area contributed by atoms with Gasteiger partial charge < -0.3 is 14.0 Å². The molecule has 1 aliphatic rings. The molecule has 0 amide bonds. The molecule has 0 spiro atoms. The number of rotatable bonds is 10. The lowest BCUT2D eigenvalue weighted by Gasteiger charge is -2.40. The molecule has 168 valence electrons. The van der Waals surface area contributed by atoms with Gasteiger partial charge in [0.15, 0.2) is 0 Å². The van der Waals surface area contributed by atoms with Crippen LogP contribution < -0.4 is 0 Å². The molecule has 0 aromatic heterocycles. The number of hydrogen-bond acceptors (Lipinski definition) is 4. The minimum atomic E-state index is -1.18. The van der Waals surface area contributed by atoms with E-state index in [4.69, 9.17) is 9.47 Å². The van der Waals surface area contributed by atoms with Crippen LogP contribution in [0.2, 0.25) is 0 Å². The lowest BCUT2D eigenvalue weighted by Crippen LogP contribution is -2.52. The zero-order valence-electron chi connectivity index (χ0n) is 18.9. The van der Waals surface area contributed by atoms with Crippen molar-refractivity contribution < 1.29 is 14.0 Å². The van der Waals surface area contributed by atoms with Crippen LogP contribution in [0.5, 0.6) is 0 Å². The summed E-state index contributed by atoms with van der Waals surface area (Å²) in [5, 5.41) is 0. The van der Waals surface area contributed by atoms with Crippen molar-refractivity contribution >= 4 is 11.4 Å². The van der Waals surface area contributed by atoms with Gasteiger partial charge in [-0.25, -0.2) is 0 Å². The molecular weight excluding hydrogens is 406 g/mol. The maximum Gasteiger partial charge on any atom is 0.137 e. The van der Waals surface area contributed by atoms with Crippen molar-refractivity contribution in [2.24, 2.45) is 0 Å². The molecule has 31 heavy (non-hydrogen) atoms. The van der Waals surface area contributed by atoms with Crippen LogP contribution in [0.1, 0.15) is 51.2 Å². The highest BCUT2D eigenvalue weighted by atomic mass is 32.2. The summed E-state index contributed by atoms with van der Waals surface area (Å²) in [6.07, 6.45) is 6.52. The molecular formula is C26H35NO3S. The minimum Gasteiger partial charge on any atom is -0.597 e. The smallest absolute Gasteiger partial charge is 0.137 e. The molecule has 1 aliphatic heterocycles. The number of nitrogens with zero attached hydrogens (tertiary/aromatic N) is 1. The molecule has 0 radical (unpaired) electrons. The van der Waals surface area contributed by atoms with Gasteiger partial charge in [-0.2, -0.15) is 0 Å². The highest BCUT2D eigenvalue weighted by Gasteiger charge is 2.41. The molecule has 3 atom stereocenters. The fraction of sp³-hybridized carbons (Fsp3) is 0.462. The summed E-state index contributed by atoms with van der Waals surface area (Å²) in [7, 11) is 0. The zero-order valence-corrected chi connectivity index (χ0v) is 19.7. The summed E-state index contributed by atoms with van der Waals surface area (Å²) in [6, 6.07) is 20.5. The van der Waals surface area contributed by atoms with Gasteiger partial charge in [0.25, 0.3) is 0 Å². The normalized spacial score (nSPS) is 18.5. The fourth-order valence-electron chi connectivity index (χ4n) is 3.73. The first-order valence-electron chi connectivity index (χ1n) is 11.1. The Kier molecular flexibility index (Phi) is 9.02. The van der Waals surface area contributed by atoms with Crippen LogP contribution in [-0.4, -0.2) is 32.4 Å². The molecule has 5 heteroatoms. The van der Waals surface area contributed by atoms with Crippen LogP contribution in [0, 0.1) is 0 Å². The Morgan fingerprint density at radius 3 is 2.29 bits per heavy atom. The fourth-order valence-corrected chi connectivity index (χ4v) is 5.19. The highest BCUT2D eigenvalue weighted by molar-refractivity contribution is 7.90. The second-order valence-electron chi connectivity index (χ2n) is 8.94. The summed E-state index contributed by atoms with van der Waals surface area (Å²) >= 11 is -1.18. The lowest BCUT2D eigenvalue weighted by atomic mass is 10.0. The third-order valence-electron chi connectivity index (χ3n) is 5.35. The third kappa shape index (κ3) is 7.39. The van der Waals surface area contributed by atoms with Crippen molar-refractivity contribution in [1.29, 1.82) is 0 Å². The van der Waals surface area contributed by atoms with Crippen molar-refractivity contribution in [3.05, 3.63) is 84.1 Å². The topological polar surface area (TPSA) is 44.8 Å². The molecule has 3 rings (SSSR count). The Hall–Kier alpha value is -1.79. The van der Waals surface area contributed by atoms with Crippen molar-refractivity contribution in [2.75, 3.05) is 6.61 Å². The number of benzene rings is 2. The average Bonchev–Trinajstić information content (AvgIpc) is 2.79. The molecule has 2 aromatic rings. The van der Waals surface area contributed by atoms with Crippen molar-refractivity contribution in [1.82, 2.24) is 4.31 Å². The lowest BCUT2D eigenvalue weighted by molar-refractivity contribution is 0.0277. The molecule has 0 saturated carbocycles. The van der Waals surface area contributed by atoms with Gasteiger partial charge in [-0.1, -0.05) is 60.7 Å². The van der Waals surface area contributed by atoms with Gasteiger partial charge in [-0.3, -0.25) is 0 Å². The van der Waals surface area contributed by atoms with Crippen LogP contribution in [0.3, 0.4) is 0 Å². The van der Waals surface area contributed by atoms with E-state index >= 15 is 0 Å². The predicted octanol–water partition coefficient (Wildman–Crippen LogP) is 5.62. The highest BCUT2D eigenvalue weighted by Crippen LogP contribution is 2.30. The van der Waals surface area contributed by atoms with Gasteiger partial charge in [0.1, 0.15) is 10.9 Å². The van der Waals surface area contributed by atoms with E-state index in [2.05, 4.69) is 34.6 Å². The molecule has 0 fully saturated rings. The SMILES string of the molecule is CC(C)(C)[S+]([O-])N(Cc1ccccc1)[C@@H](CCOCc1ccccc1)[C@@H]1CCC=CO1. The summed E-state index contributed by atoms with van der Waals surface area (Å²) < 4.78 is 27.4. The summed E-state index contributed by atoms with van der Waals surface area (Å²) in [6.45, 7) is 7.90. The molecule has 0 aliphatic carbocycles. The predicted molar refractivity (Wildman–Crippen MR) is 128 cm³/mol. The van der Waals surface area contributed by atoms with Crippen LogP contribution in [0.4, 0.5) is 0 Å². The second kappa shape index (κ2) is 11.7. The first-order chi connectivity index (χ1) is 14.9. The molecule has 4 nitrogen and oxygen atoms in total. The number of ether oxygens (including phenoxy) is 2. The maximum absolute atomic E-state index is 13.6. The Labute approximate surface area is 190 Å². The maximum atomic E-state index is 13.6. The largest absolute Gasteiger partial charge is 0.597 e. The van der Waals surface area contributed by atoms with Gasteiger partial charge in [-0.15, -0.1) is 4.31 Å². The molecule has 0 bridgehead atoms. The van der Waals surface area contributed by atoms with Crippen LogP contribution in [0.25, 0.3) is 0 Å². The van der Waals surface area contributed by atoms with Crippen LogP contribution in [-0.2, 0) is 34.0 Å². The van der Waals surface area contributed by atoms with Crippen molar-refractivity contribution in [2.45, 2.75) is 70.1 Å². The van der Waals surface area contributed by atoms with Gasteiger partial charge in [-0.05, 0) is 57.2 Å². The minimum absolute atomic E-state index is 0.000313. The Balaban J connectivity index is 1.75. The third-order valence-corrected chi connectivity index (χ3v) is 7.23. The summed E-state index contributed by atoms with van der Waals surface area (Å²) in [5.74, 6) is 0. The number of hydrogen-bond donors (Lipinski definition) is 0. The van der Waals surface area contributed by atoms with E-state index in [1.165, 1.54) is 0 Å². The standard InChI is InChI=1S/C26H35NO3S/c1-26(2,3)31(28)27(20-22-12-6-4-7-13-22)24(25-16-10-11-18-30-25)17-19-29-21-23-14-8-5-9-15-23/h4-9,11-15,18,24-25H,10,16-17,19-21H2,1-3H3/t24-,25-,31?/m0/s1. The van der Waals surface area contributed by atoms with E-state index < -0.39 is 11.4 Å². The quantitative estimate of drug-likeness (QED) is 0.355. The molecule has 0 saturated heterocycles. The zero-order chi connectivity index (χ0) is 22.1. The van der Waals surface area contributed by atoms with Gasteiger partial charge in [0, 0.05) is 18.0 Å². The van der Waals surface area contributed by atoms with Crippen LogP contribution >= 0.6 is 0 Å².